The SMILES string of the molecule is Cc1cc(C)n(Cn2ccc(C(=O)N3C[C@@H](C)O[C@@H](C)C3)n2)n1. The lowest BCUT2D eigenvalue weighted by Gasteiger charge is -2.34. The molecule has 1 saturated heterocycles. The highest BCUT2D eigenvalue weighted by molar-refractivity contribution is 5.92. The predicted octanol–water partition coefficient (Wildman–Crippen LogP) is 1.45. The monoisotopic (exact) mass is 317 g/mol. The maximum absolute atomic E-state index is 12.6. The first kappa shape index (κ1) is 15.7. The number of nitrogens with zero attached hydrogens (tertiary/aromatic N) is 5. The van der Waals surface area contributed by atoms with Crippen molar-refractivity contribution >= 4 is 5.91 Å². The van der Waals surface area contributed by atoms with Crippen LogP contribution in [-0.4, -0.2) is 55.7 Å². The maximum Gasteiger partial charge on any atom is 0.274 e. The van der Waals surface area contributed by atoms with Gasteiger partial charge in [0.25, 0.3) is 5.91 Å². The molecule has 0 saturated carbocycles. The molecule has 23 heavy (non-hydrogen) atoms. The van der Waals surface area contributed by atoms with Crippen molar-refractivity contribution in [1.82, 2.24) is 24.5 Å². The van der Waals surface area contributed by atoms with E-state index in [9.17, 15) is 4.79 Å². The van der Waals surface area contributed by atoms with Crippen molar-refractivity contribution in [1.29, 1.82) is 0 Å². The van der Waals surface area contributed by atoms with Crippen molar-refractivity contribution in [3.63, 3.8) is 0 Å². The predicted molar refractivity (Wildman–Crippen MR) is 85.2 cm³/mol. The first-order valence-electron chi connectivity index (χ1n) is 7.91. The van der Waals surface area contributed by atoms with Gasteiger partial charge < -0.3 is 9.64 Å². The third kappa shape index (κ3) is 3.44. The van der Waals surface area contributed by atoms with Crippen molar-refractivity contribution in [2.24, 2.45) is 0 Å². The van der Waals surface area contributed by atoms with Crippen LogP contribution in [0.3, 0.4) is 0 Å². The summed E-state index contributed by atoms with van der Waals surface area (Å²) in [6.45, 7) is 9.65. The summed E-state index contributed by atoms with van der Waals surface area (Å²) in [5, 5.41) is 8.82. The zero-order valence-electron chi connectivity index (χ0n) is 14.1. The lowest BCUT2D eigenvalue weighted by molar-refractivity contribution is -0.0587. The van der Waals surface area contributed by atoms with E-state index < -0.39 is 0 Å². The highest BCUT2D eigenvalue weighted by atomic mass is 16.5. The molecule has 1 amide bonds. The van der Waals surface area contributed by atoms with E-state index in [0.717, 1.165) is 11.4 Å². The van der Waals surface area contributed by atoms with E-state index in [4.69, 9.17) is 4.74 Å². The molecule has 7 nitrogen and oxygen atoms in total. The van der Waals surface area contributed by atoms with Gasteiger partial charge in [-0.1, -0.05) is 0 Å². The number of aromatic nitrogens is 4. The van der Waals surface area contributed by atoms with Crippen LogP contribution in [0, 0.1) is 13.8 Å². The molecule has 0 N–H and O–H groups in total. The van der Waals surface area contributed by atoms with Gasteiger partial charge in [0.15, 0.2) is 0 Å². The Morgan fingerprint density at radius 1 is 1.26 bits per heavy atom. The Kier molecular flexibility index (Phi) is 4.21. The molecule has 0 aromatic carbocycles. The normalized spacial score (nSPS) is 21.7. The van der Waals surface area contributed by atoms with Crippen LogP contribution in [0.1, 0.15) is 35.7 Å². The van der Waals surface area contributed by atoms with E-state index >= 15 is 0 Å². The van der Waals surface area contributed by atoms with E-state index in [1.807, 2.05) is 49.5 Å². The standard InChI is InChI=1S/C16H23N5O2/c1-11-7-12(2)21(17-11)10-20-6-5-15(18-20)16(22)19-8-13(3)23-14(4)9-19/h5-7,13-14H,8-10H2,1-4H3/t13-,14+. The van der Waals surface area contributed by atoms with Crippen molar-refractivity contribution in [3.8, 4) is 0 Å². The highest BCUT2D eigenvalue weighted by Crippen LogP contribution is 2.13. The van der Waals surface area contributed by atoms with E-state index in [1.54, 1.807) is 10.7 Å². The van der Waals surface area contributed by atoms with Crippen LogP contribution in [0.15, 0.2) is 18.3 Å². The Hall–Kier alpha value is -2.15. The Balaban J connectivity index is 1.71. The van der Waals surface area contributed by atoms with Crippen LogP contribution in [0.25, 0.3) is 0 Å². The van der Waals surface area contributed by atoms with Gasteiger partial charge in [-0.3, -0.25) is 9.48 Å². The number of carbonyl (C=O) groups excluding carboxylic acids is 1. The molecule has 2 atom stereocenters. The lowest BCUT2D eigenvalue weighted by atomic mass is 10.2. The molecule has 3 rings (SSSR count). The van der Waals surface area contributed by atoms with Gasteiger partial charge in [0, 0.05) is 25.0 Å². The minimum absolute atomic E-state index is 0.0425. The molecule has 1 fully saturated rings. The van der Waals surface area contributed by atoms with E-state index in [0.29, 0.717) is 25.5 Å². The molecule has 2 aromatic heterocycles. The van der Waals surface area contributed by atoms with Crippen LogP contribution in [-0.2, 0) is 11.4 Å². The van der Waals surface area contributed by atoms with Gasteiger partial charge in [-0.05, 0) is 39.8 Å². The van der Waals surface area contributed by atoms with Crippen molar-refractivity contribution in [2.45, 2.75) is 46.6 Å². The van der Waals surface area contributed by atoms with Crippen LogP contribution in [0.4, 0.5) is 0 Å². The quantitative estimate of drug-likeness (QED) is 0.859. The fraction of sp³-hybridized carbons (Fsp3) is 0.562. The lowest BCUT2D eigenvalue weighted by Crippen LogP contribution is -2.48. The smallest absolute Gasteiger partial charge is 0.274 e. The van der Waals surface area contributed by atoms with Crippen LogP contribution >= 0.6 is 0 Å². The molecule has 0 spiro atoms. The van der Waals surface area contributed by atoms with Gasteiger partial charge in [0.1, 0.15) is 12.4 Å². The number of ether oxygens (including phenoxy) is 1. The molecule has 124 valence electrons. The molecule has 1 aliphatic rings. The molecule has 0 unspecified atom stereocenters. The van der Waals surface area contributed by atoms with Crippen molar-refractivity contribution < 1.29 is 9.53 Å². The molecular weight excluding hydrogens is 294 g/mol. The van der Waals surface area contributed by atoms with Crippen LogP contribution < -0.4 is 0 Å². The minimum Gasteiger partial charge on any atom is -0.372 e. The third-order valence-corrected chi connectivity index (χ3v) is 3.95. The summed E-state index contributed by atoms with van der Waals surface area (Å²) >= 11 is 0. The topological polar surface area (TPSA) is 65.2 Å². The number of hydrogen-bond donors (Lipinski definition) is 0. The number of amides is 1. The average molecular weight is 317 g/mol. The molecule has 1 aliphatic heterocycles. The molecule has 7 heteroatoms. The summed E-state index contributed by atoms with van der Waals surface area (Å²) in [7, 11) is 0. The molecule has 0 aliphatic carbocycles. The molecule has 0 bridgehead atoms. The van der Waals surface area contributed by atoms with Gasteiger partial charge in [-0.2, -0.15) is 10.2 Å². The summed E-state index contributed by atoms with van der Waals surface area (Å²) in [5.41, 5.74) is 2.51. The number of rotatable bonds is 3. The Morgan fingerprint density at radius 3 is 2.57 bits per heavy atom. The summed E-state index contributed by atoms with van der Waals surface area (Å²) in [6.07, 6.45) is 1.93. The Labute approximate surface area is 135 Å². The fourth-order valence-electron chi connectivity index (χ4n) is 3.02. The van der Waals surface area contributed by atoms with Crippen LogP contribution in [0.2, 0.25) is 0 Å². The largest absolute Gasteiger partial charge is 0.372 e. The number of morpholine rings is 1. The Bertz CT molecular complexity index is 695. The minimum atomic E-state index is -0.0425. The zero-order valence-corrected chi connectivity index (χ0v) is 14.1. The molecule has 3 heterocycles. The van der Waals surface area contributed by atoms with Crippen LogP contribution in [0.5, 0.6) is 0 Å². The van der Waals surface area contributed by atoms with Gasteiger partial charge in [0.2, 0.25) is 0 Å². The van der Waals surface area contributed by atoms with Gasteiger partial charge in [-0.25, -0.2) is 4.68 Å². The highest BCUT2D eigenvalue weighted by Gasteiger charge is 2.27. The molecule has 0 radical (unpaired) electrons. The second-order valence-electron chi connectivity index (χ2n) is 6.28. The number of carbonyl (C=O) groups is 1. The molecular formula is C16H23N5O2. The second-order valence-corrected chi connectivity index (χ2v) is 6.28. The summed E-state index contributed by atoms with van der Waals surface area (Å²) in [5.74, 6) is -0.0425. The van der Waals surface area contributed by atoms with E-state index in [-0.39, 0.29) is 18.1 Å². The molecule has 2 aromatic rings. The zero-order chi connectivity index (χ0) is 16.6. The van der Waals surface area contributed by atoms with Crippen molar-refractivity contribution in [2.75, 3.05) is 13.1 Å². The first-order valence-corrected chi connectivity index (χ1v) is 7.91. The summed E-state index contributed by atoms with van der Waals surface area (Å²) in [6, 6.07) is 3.78. The maximum atomic E-state index is 12.6. The number of hydrogen-bond acceptors (Lipinski definition) is 4. The van der Waals surface area contributed by atoms with E-state index in [1.165, 1.54) is 0 Å². The third-order valence-electron chi connectivity index (χ3n) is 3.95. The first-order chi connectivity index (χ1) is 10.9. The van der Waals surface area contributed by atoms with E-state index in [2.05, 4.69) is 10.2 Å². The number of aryl methyl sites for hydroxylation is 2. The van der Waals surface area contributed by atoms with Gasteiger partial charge in [0.05, 0.1) is 17.9 Å². The van der Waals surface area contributed by atoms with Gasteiger partial charge in [-0.15, -0.1) is 0 Å². The Morgan fingerprint density at radius 2 is 1.96 bits per heavy atom. The summed E-state index contributed by atoms with van der Waals surface area (Å²) < 4.78 is 9.28. The van der Waals surface area contributed by atoms with Crippen molar-refractivity contribution in [3.05, 3.63) is 35.4 Å². The second kappa shape index (κ2) is 6.16. The average Bonchev–Trinajstić information content (AvgIpc) is 3.04. The fourth-order valence-corrected chi connectivity index (χ4v) is 3.02. The van der Waals surface area contributed by atoms with Gasteiger partial charge >= 0.3 is 0 Å². The summed E-state index contributed by atoms with van der Waals surface area (Å²) in [4.78, 5) is 14.4.